The molecule has 0 spiro atoms. The van der Waals surface area contributed by atoms with Crippen LogP contribution in [-0.2, 0) is 0 Å². The maximum Gasteiger partial charge on any atom is 0.143 e. The lowest BCUT2D eigenvalue weighted by Gasteiger charge is -2.45. The Bertz CT molecular complexity index is 278. The lowest BCUT2D eigenvalue weighted by atomic mass is 9.78. The van der Waals surface area contributed by atoms with Gasteiger partial charge in [-0.15, -0.1) is 0 Å². The lowest BCUT2D eigenvalue weighted by molar-refractivity contribution is 0.0557. The van der Waals surface area contributed by atoms with Crippen LogP contribution in [0, 0.1) is 11.8 Å². The zero-order chi connectivity index (χ0) is 12.3. The van der Waals surface area contributed by atoms with Crippen molar-refractivity contribution in [3.05, 3.63) is 0 Å². The Labute approximate surface area is 104 Å². The molecule has 0 radical (unpaired) electrons. The molecule has 98 valence electrons. The Morgan fingerprint density at radius 1 is 1.35 bits per heavy atom. The number of rotatable bonds is 3. The van der Waals surface area contributed by atoms with Crippen molar-refractivity contribution < 1.29 is 5.21 Å². The minimum atomic E-state index is 0.153. The van der Waals surface area contributed by atoms with E-state index in [1.807, 2.05) is 6.92 Å². The van der Waals surface area contributed by atoms with Gasteiger partial charge in [0.25, 0.3) is 0 Å². The molecule has 0 aromatic carbocycles. The largest absolute Gasteiger partial charge is 0.409 e. The molecule has 1 saturated heterocycles. The first-order valence-electron chi connectivity index (χ1n) is 6.94. The van der Waals surface area contributed by atoms with Gasteiger partial charge in [0.1, 0.15) is 5.84 Å². The molecule has 2 rings (SSSR count). The summed E-state index contributed by atoms with van der Waals surface area (Å²) in [6.07, 6.45) is 8.23. The first-order valence-corrected chi connectivity index (χ1v) is 6.94. The second-order valence-electron chi connectivity index (χ2n) is 5.67. The predicted octanol–water partition coefficient (Wildman–Crippen LogP) is 2.02. The Balaban J connectivity index is 1.94. The number of likely N-dealkylation sites (tertiary alicyclic amines) is 1. The van der Waals surface area contributed by atoms with Crippen molar-refractivity contribution >= 4 is 5.84 Å². The second-order valence-corrected chi connectivity index (χ2v) is 5.67. The third-order valence-electron chi connectivity index (χ3n) is 4.49. The van der Waals surface area contributed by atoms with E-state index in [1.165, 1.54) is 45.1 Å². The highest BCUT2D eigenvalue weighted by Gasteiger charge is 2.33. The van der Waals surface area contributed by atoms with Crippen LogP contribution in [0.2, 0.25) is 0 Å². The monoisotopic (exact) mass is 239 g/mol. The van der Waals surface area contributed by atoms with Gasteiger partial charge in [-0.05, 0) is 38.1 Å². The van der Waals surface area contributed by atoms with Crippen LogP contribution in [0.5, 0.6) is 0 Å². The van der Waals surface area contributed by atoms with Crippen LogP contribution in [0.4, 0.5) is 0 Å². The van der Waals surface area contributed by atoms with Crippen LogP contribution in [0.3, 0.4) is 0 Å². The third-order valence-corrected chi connectivity index (χ3v) is 4.49. The van der Waals surface area contributed by atoms with Gasteiger partial charge in [-0.1, -0.05) is 24.9 Å². The second kappa shape index (κ2) is 5.71. The van der Waals surface area contributed by atoms with E-state index in [4.69, 9.17) is 10.9 Å². The fraction of sp³-hybridized carbons (Fsp3) is 0.923. The molecule has 1 aliphatic carbocycles. The molecule has 1 aliphatic heterocycles. The standard InChI is InChI=1S/C13H25N3O/c1-10(13(14)15-17)9-16-8-4-6-11-5-2-3-7-12(11)16/h10-12,17H,2-9H2,1H3,(H2,14,15)/t10?,11-,12-/m1/s1. The summed E-state index contributed by atoms with van der Waals surface area (Å²) in [4.78, 5) is 2.58. The molecule has 4 heteroatoms. The Hall–Kier alpha value is -0.770. The number of nitrogens with two attached hydrogens (primary N) is 1. The molecule has 3 atom stereocenters. The number of fused-ring (bicyclic) bond motifs is 1. The van der Waals surface area contributed by atoms with Crippen LogP contribution in [0.1, 0.15) is 45.4 Å². The molecular weight excluding hydrogens is 214 g/mol. The van der Waals surface area contributed by atoms with E-state index >= 15 is 0 Å². The molecule has 1 unspecified atom stereocenters. The van der Waals surface area contributed by atoms with Gasteiger partial charge in [0.15, 0.2) is 0 Å². The first kappa shape index (κ1) is 12.7. The zero-order valence-corrected chi connectivity index (χ0v) is 10.8. The summed E-state index contributed by atoms with van der Waals surface area (Å²) in [6.45, 7) is 4.17. The Morgan fingerprint density at radius 2 is 2.06 bits per heavy atom. The average molecular weight is 239 g/mol. The highest BCUT2D eigenvalue weighted by molar-refractivity contribution is 5.82. The van der Waals surface area contributed by atoms with E-state index in [0.29, 0.717) is 5.84 Å². The van der Waals surface area contributed by atoms with Crippen molar-refractivity contribution in [3.8, 4) is 0 Å². The fourth-order valence-electron chi connectivity index (χ4n) is 3.50. The minimum Gasteiger partial charge on any atom is -0.409 e. The quantitative estimate of drug-likeness (QED) is 0.343. The Kier molecular flexibility index (Phi) is 4.26. The van der Waals surface area contributed by atoms with Gasteiger partial charge in [0.2, 0.25) is 0 Å². The molecule has 0 aromatic heterocycles. The van der Waals surface area contributed by atoms with Crippen LogP contribution in [-0.4, -0.2) is 35.1 Å². The van der Waals surface area contributed by atoms with E-state index in [2.05, 4.69) is 10.1 Å². The average Bonchev–Trinajstić information content (AvgIpc) is 2.38. The van der Waals surface area contributed by atoms with Crippen LogP contribution in [0.15, 0.2) is 5.16 Å². The summed E-state index contributed by atoms with van der Waals surface area (Å²) in [7, 11) is 0. The molecule has 1 heterocycles. The van der Waals surface area contributed by atoms with Gasteiger partial charge in [0.05, 0.1) is 0 Å². The summed E-state index contributed by atoms with van der Waals surface area (Å²) in [6, 6.07) is 0.756. The van der Waals surface area contributed by atoms with Crippen molar-refractivity contribution in [2.24, 2.45) is 22.7 Å². The number of amidine groups is 1. The molecule has 4 nitrogen and oxygen atoms in total. The van der Waals surface area contributed by atoms with Gasteiger partial charge in [0, 0.05) is 18.5 Å². The van der Waals surface area contributed by atoms with E-state index in [1.54, 1.807) is 0 Å². The molecule has 0 aromatic rings. The summed E-state index contributed by atoms with van der Waals surface area (Å²) in [5.74, 6) is 1.42. The highest BCUT2D eigenvalue weighted by atomic mass is 16.4. The van der Waals surface area contributed by atoms with Crippen molar-refractivity contribution in [1.29, 1.82) is 0 Å². The summed E-state index contributed by atoms with van der Waals surface area (Å²) >= 11 is 0. The van der Waals surface area contributed by atoms with E-state index in [-0.39, 0.29) is 5.92 Å². The molecule has 0 bridgehead atoms. The number of nitrogens with zero attached hydrogens (tertiary/aromatic N) is 2. The van der Waals surface area contributed by atoms with Crippen molar-refractivity contribution in [2.75, 3.05) is 13.1 Å². The number of piperidine rings is 1. The van der Waals surface area contributed by atoms with E-state index < -0.39 is 0 Å². The van der Waals surface area contributed by atoms with Crippen molar-refractivity contribution in [1.82, 2.24) is 4.90 Å². The van der Waals surface area contributed by atoms with Gasteiger partial charge >= 0.3 is 0 Å². The number of hydrogen-bond donors (Lipinski definition) is 2. The van der Waals surface area contributed by atoms with Crippen molar-refractivity contribution in [3.63, 3.8) is 0 Å². The number of oxime groups is 1. The first-order chi connectivity index (χ1) is 8.22. The summed E-state index contributed by atoms with van der Waals surface area (Å²) in [5, 5.41) is 11.8. The lowest BCUT2D eigenvalue weighted by Crippen LogP contribution is -2.49. The molecule has 1 saturated carbocycles. The molecule has 2 aliphatic rings. The van der Waals surface area contributed by atoms with Gasteiger partial charge in [-0.3, -0.25) is 4.90 Å². The smallest absolute Gasteiger partial charge is 0.143 e. The molecule has 0 amide bonds. The maximum absolute atomic E-state index is 8.71. The van der Waals surface area contributed by atoms with Gasteiger partial charge in [-0.25, -0.2) is 0 Å². The molecule has 2 fully saturated rings. The highest BCUT2D eigenvalue weighted by Crippen LogP contribution is 2.35. The molecule has 3 N–H and O–H groups in total. The van der Waals surface area contributed by atoms with Crippen LogP contribution < -0.4 is 5.73 Å². The predicted molar refractivity (Wildman–Crippen MR) is 69.1 cm³/mol. The van der Waals surface area contributed by atoms with E-state index in [0.717, 1.165) is 18.5 Å². The van der Waals surface area contributed by atoms with E-state index in [9.17, 15) is 0 Å². The van der Waals surface area contributed by atoms with Crippen LogP contribution in [0.25, 0.3) is 0 Å². The van der Waals surface area contributed by atoms with Gasteiger partial charge < -0.3 is 10.9 Å². The minimum absolute atomic E-state index is 0.153. The third kappa shape index (κ3) is 2.92. The molecule has 17 heavy (non-hydrogen) atoms. The van der Waals surface area contributed by atoms with Crippen molar-refractivity contribution in [2.45, 2.75) is 51.5 Å². The Morgan fingerprint density at radius 3 is 2.82 bits per heavy atom. The zero-order valence-electron chi connectivity index (χ0n) is 10.8. The fourth-order valence-corrected chi connectivity index (χ4v) is 3.50. The topological polar surface area (TPSA) is 61.8 Å². The SMILES string of the molecule is CC(CN1CCC[C@H]2CCCC[C@H]21)C(N)=NO. The van der Waals surface area contributed by atoms with Crippen LogP contribution >= 0.6 is 0 Å². The summed E-state index contributed by atoms with van der Waals surface area (Å²) in [5.41, 5.74) is 5.68. The summed E-state index contributed by atoms with van der Waals surface area (Å²) < 4.78 is 0. The number of hydrogen-bond acceptors (Lipinski definition) is 3. The van der Waals surface area contributed by atoms with Gasteiger partial charge in [-0.2, -0.15) is 0 Å². The normalized spacial score (nSPS) is 33.1. The molecular formula is C13H25N3O. The maximum atomic E-state index is 8.71.